The Morgan fingerprint density at radius 3 is 2.08 bits per heavy atom. The number of fused-ring (bicyclic) bond motifs is 1. The Labute approximate surface area is 76.8 Å². The molecule has 0 spiro atoms. The summed E-state index contributed by atoms with van der Waals surface area (Å²) < 4.78 is 0. The van der Waals surface area contributed by atoms with Crippen LogP contribution in [0.4, 0.5) is 0 Å². The van der Waals surface area contributed by atoms with Crippen molar-refractivity contribution >= 4 is 8.07 Å². The fourth-order valence-corrected chi connectivity index (χ4v) is 8.42. The minimum absolute atomic E-state index is 0.828. The summed E-state index contributed by atoms with van der Waals surface area (Å²) in [5, 5.41) is 0.954. The van der Waals surface area contributed by atoms with Crippen LogP contribution in [-0.4, -0.2) is 8.07 Å². The van der Waals surface area contributed by atoms with E-state index < -0.39 is 8.07 Å². The average Bonchev–Trinajstić information content (AvgIpc) is 2.51. The maximum atomic E-state index is 2.60. The summed E-state index contributed by atoms with van der Waals surface area (Å²) in [6, 6.07) is 0. The Kier molecular flexibility index (Phi) is 1.17. The van der Waals surface area contributed by atoms with Crippen molar-refractivity contribution in [2.45, 2.75) is 50.4 Å². The SMILES string of the molecule is C[Si](C)(C)C12CC3CCC1C2C3. The molecule has 1 heteroatoms. The standard InChI is InChI=1S/C11H20Si/c1-12(2,3)11-7-8-4-5-9(11)10(11)6-8/h8-10H,4-7H2,1-3H3. The fourth-order valence-electron chi connectivity index (χ4n) is 4.71. The van der Waals surface area contributed by atoms with Crippen LogP contribution < -0.4 is 0 Å². The molecule has 4 atom stereocenters. The lowest BCUT2D eigenvalue weighted by Gasteiger charge is -2.34. The molecule has 0 radical (unpaired) electrons. The molecule has 0 aromatic carbocycles. The number of hydrogen-bond acceptors (Lipinski definition) is 0. The first-order valence-electron chi connectivity index (χ1n) is 5.56. The van der Waals surface area contributed by atoms with Crippen molar-refractivity contribution in [2.24, 2.45) is 17.8 Å². The van der Waals surface area contributed by atoms with Gasteiger partial charge in [-0.3, -0.25) is 0 Å². The van der Waals surface area contributed by atoms with E-state index >= 15 is 0 Å². The molecule has 4 rings (SSSR count). The van der Waals surface area contributed by atoms with Gasteiger partial charge in [-0.25, -0.2) is 0 Å². The van der Waals surface area contributed by atoms with Gasteiger partial charge in [-0.1, -0.05) is 26.1 Å². The molecule has 4 fully saturated rings. The molecule has 0 saturated heterocycles. The molecule has 0 heterocycles. The van der Waals surface area contributed by atoms with Crippen LogP contribution in [0.2, 0.25) is 24.7 Å². The average molecular weight is 180 g/mol. The van der Waals surface area contributed by atoms with E-state index in [4.69, 9.17) is 0 Å². The second kappa shape index (κ2) is 1.84. The lowest BCUT2D eigenvalue weighted by molar-refractivity contribution is 0.318. The van der Waals surface area contributed by atoms with Crippen molar-refractivity contribution in [3.05, 3.63) is 0 Å². The Morgan fingerprint density at radius 2 is 1.83 bits per heavy atom. The summed E-state index contributed by atoms with van der Waals surface area (Å²) in [6.45, 7) is 7.81. The van der Waals surface area contributed by atoms with E-state index in [2.05, 4.69) is 19.6 Å². The lowest BCUT2D eigenvalue weighted by atomic mass is 9.86. The smallest absolute Gasteiger partial charge is 0.0513 e. The number of hydrogen-bond donors (Lipinski definition) is 0. The van der Waals surface area contributed by atoms with Gasteiger partial charge in [0.1, 0.15) is 0 Å². The third kappa shape index (κ3) is 0.627. The summed E-state index contributed by atoms with van der Waals surface area (Å²) in [5.41, 5.74) is 0. The summed E-state index contributed by atoms with van der Waals surface area (Å²) in [4.78, 5) is 0. The van der Waals surface area contributed by atoms with Crippen molar-refractivity contribution in [3.8, 4) is 0 Å². The summed E-state index contributed by atoms with van der Waals surface area (Å²) in [7, 11) is -0.828. The molecule has 0 nitrogen and oxygen atoms in total. The van der Waals surface area contributed by atoms with Crippen LogP contribution in [0, 0.1) is 17.8 Å². The molecule has 0 aromatic rings. The van der Waals surface area contributed by atoms with Gasteiger partial charge in [-0.2, -0.15) is 0 Å². The largest absolute Gasteiger partial charge is 0.0691 e. The van der Waals surface area contributed by atoms with Crippen molar-refractivity contribution in [3.63, 3.8) is 0 Å². The van der Waals surface area contributed by atoms with Crippen LogP contribution in [0.5, 0.6) is 0 Å². The predicted molar refractivity (Wildman–Crippen MR) is 55.0 cm³/mol. The first-order valence-corrected chi connectivity index (χ1v) is 9.06. The summed E-state index contributed by atoms with van der Waals surface area (Å²) >= 11 is 0. The van der Waals surface area contributed by atoms with Gasteiger partial charge in [0.15, 0.2) is 0 Å². The molecule has 68 valence electrons. The molecular formula is C11H20Si. The molecule has 4 saturated carbocycles. The maximum Gasteiger partial charge on any atom is 0.0513 e. The molecule has 4 bridgehead atoms. The highest BCUT2D eigenvalue weighted by Crippen LogP contribution is 2.84. The lowest BCUT2D eigenvalue weighted by Crippen LogP contribution is -2.33. The normalized spacial score (nSPS) is 55.8. The molecule has 0 amide bonds. The topological polar surface area (TPSA) is 0 Å². The van der Waals surface area contributed by atoms with Gasteiger partial charge < -0.3 is 0 Å². The van der Waals surface area contributed by atoms with Crippen LogP contribution in [0.1, 0.15) is 25.7 Å². The minimum atomic E-state index is -0.828. The van der Waals surface area contributed by atoms with E-state index in [0.717, 1.165) is 11.0 Å². The highest BCUT2D eigenvalue weighted by Gasteiger charge is 2.74. The molecule has 0 aliphatic heterocycles. The number of rotatable bonds is 1. The van der Waals surface area contributed by atoms with E-state index in [1.807, 2.05) is 0 Å². The summed E-state index contributed by atoms with van der Waals surface area (Å²) in [5.74, 6) is 3.57. The molecule has 4 aliphatic rings. The van der Waals surface area contributed by atoms with Crippen LogP contribution in [0.3, 0.4) is 0 Å². The third-order valence-electron chi connectivity index (χ3n) is 5.20. The quantitative estimate of drug-likeness (QED) is 0.542. The zero-order chi connectivity index (χ0) is 8.56. The van der Waals surface area contributed by atoms with Gasteiger partial charge in [-0.15, -0.1) is 0 Å². The first-order chi connectivity index (χ1) is 5.56. The predicted octanol–water partition coefficient (Wildman–Crippen LogP) is 3.51. The monoisotopic (exact) mass is 180 g/mol. The Bertz CT molecular complexity index is 222. The van der Waals surface area contributed by atoms with Gasteiger partial charge in [0.2, 0.25) is 0 Å². The molecule has 4 unspecified atom stereocenters. The van der Waals surface area contributed by atoms with Crippen molar-refractivity contribution in [2.75, 3.05) is 0 Å². The maximum absolute atomic E-state index is 2.60. The van der Waals surface area contributed by atoms with Gasteiger partial charge in [0.25, 0.3) is 0 Å². The third-order valence-corrected chi connectivity index (χ3v) is 8.93. The van der Waals surface area contributed by atoms with Crippen molar-refractivity contribution < 1.29 is 0 Å². The summed E-state index contributed by atoms with van der Waals surface area (Å²) in [6.07, 6.45) is 6.43. The second-order valence-electron chi connectivity index (χ2n) is 6.39. The highest BCUT2D eigenvalue weighted by molar-refractivity contribution is 6.80. The van der Waals surface area contributed by atoms with E-state index in [-0.39, 0.29) is 0 Å². The Morgan fingerprint density at radius 1 is 1.08 bits per heavy atom. The van der Waals surface area contributed by atoms with Crippen molar-refractivity contribution in [1.82, 2.24) is 0 Å². The van der Waals surface area contributed by atoms with Crippen LogP contribution >= 0.6 is 0 Å². The first kappa shape index (κ1) is 7.60. The molecule has 12 heavy (non-hydrogen) atoms. The van der Waals surface area contributed by atoms with Gasteiger partial charge in [0, 0.05) is 0 Å². The van der Waals surface area contributed by atoms with E-state index in [1.165, 1.54) is 11.8 Å². The molecule has 0 N–H and O–H groups in total. The zero-order valence-corrected chi connectivity index (χ0v) is 9.56. The highest BCUT2D eigenvalue weighted by atomic mass is 28.3. The zero-order valence-electron chi connectivity index (χ0n) is 8.56. The van der Waals surface area contributed by atoms with Gasteiger partial charge in [-0.05, 0) is 42.1 Å². The van der Waals surface area contributed by atoms with E-state index in [9.17, 15) is 0 Å². The van der Waals surface area contributed by atoms with E-state index in [1.54, 1.807) is 25.7 Å². The van der Waals surface area contributed by atoms with Crippen molar-refractivity contribution in [1.29, 1.82) is 0 Å². The molecule has 0 aromatic heterocycles. The van der Waals surface area contributed by atoms with Gasteiger partial charge >= 0.3 is 0 Å². The molecule has 4 aliphatic carbocycles. The Balaban J connectivity index is 1.97. The molecular weight excluding hydrogens is 160 g/mol. The second-order valence-corrected chi connectivity index (χ2v) is 11.8. The van der Waals surface area contributed by atoms with Gasteiger partial charge in [0.05, 0.1) is 8.07 Å². The fraction of sp³-hybridized carbons (Fsp3) is 1.00. The van der Waals surface area contributed by atoms with E-state index in [0.29, 0.717) is 0 Å². The van der Waals surface area contributed by atoms with Crippen LogP contribution in [-0.2, 0) is 0 Å². The van der Waals surface area contributed by atoms with Crippen LogP contribution in [0.15, 0.2) is 0 Å². The minimum Gasteiger partial charge on any atom is -0.0691 e. The Hall–Kier alpha value is 0.217. The van der Waals surface area contributed by atoms with Crippen LogP contribution in [0.25, 0.3) is 0 Å².